The lowest BCUT2D eigenvalue weighted by Gasteiger charge is -2.32. The third-order valence-electron chi connectivity index (χ3n) is 3.98. The highest BCUT2D eigenvalue weighted by Gasteiger charge is 2.28. The van der Waals surface area contributed by atoms with Gasteiger partial charge in [0.15, 0.2) is 0 Å². The van der Waals surface area contributed by atoms with Crippen molar-refractivity contribution in [3.63, 3.8) is 0 Å². The maximum absolute atomic E-state index is 10.7. The normalized spacial score (nSPS) is 21.3. The Hall–Kier alpha value is -2.40. The number of hydrogen-bond acceptors (Lipinski definition) is 4. The molecule has 1 heterocycles. The van der Waals surface area contributed by atoms with Crippen molar-refractivity contribution in [2.75, 3.05) is 13.1 Å². The minimum atomic E-state index is -0.402. The zero-order chi connectivity index (χ0) is 15.4. The molecule has 22 heavy (non-hydrogen) atoms. The van der Waals surface area contributed by atoms with Crippen LogP contribution in [0.2, 0.25) is 0 Å². The fourth-order valence-corrected chi connectivity index (χ4v) is 2.83. The zero-order valence-electron chi connectivity index (χ0n) is 12.1. The summed E-state index contributed by atoms with van der Waals surface area (Å²) >= 11 is 0. The maximum atomic E-state index is 10.7. The van der Waals surface area contributed by atoms with Crippen molar-refractivity contribution >= 4 is 5.69 Å². The van der Waals surface area contributed by atoms with E-state index in [1.54, 1.807) is 12.1 Å². The lowest BCUT2D eigenvalue weighted by atomic mass is 9.89. The molecule has 2 aromatic carbocycles. The summed E-state index contributed by atoms with van der Waals surface area (Å²) in [4.78, 5) is 10.3. The molecule has 0 bridgehead atoms. The van der Waals surface area contributed by atoms with Crippen molar-refractivity contribution < 1.29 is 9.66 Å². The summed E-state index contributed by atoms with van der Waals surface area (Å²) in [6.07, 6.45) is 0.987. The van der Waals surface area contributed by atoms with Crippen LogP contribution in [0, 0.1) is 10.1 Å². The van der Waals surface area contributed by atoms with E-state index in [9.17, 15) is 10.1 Å². The molecule has 1 N–H and O–H groups in total. The summed E-state index contributed by atoms with van der Waals surface area (Å²) in [5, 5.41) is 14.1. The summed E-state index contributed by atoms with van der Waals surface area (Å²) in [6, 6.07) is 16.6. The predicted octanol–water partition coefficient (Wildman–Crippen LogP) is 3.12. The number of nitro benzene ring substituents is 1. The largest absolute Gasteiger partial charge is 0.490 e. The average Bonchev–Trinajstić information content (AvgIpc) is 2.57. The second-order valence-electron chi connectivity index (χ2n) is 5.42. The molecule has 1 fully saturated rings. The predicted molar refractivity (Wildman–Crippen MR) is 84.2 cm³/mol. The number of nitrogens with one attached hydrogen (secondary N) is 1. The number of piperidine rings is 1. The zero-order valence-corrected chi connectivity index (χ0v) is 12.1. The third-order valence-corrected chi connectivity index (χ3v) is 3.98. The van der Waals surface area contributed by atoms with E-state index in [2.05, 4.69) is 17.4 Å². The molecule has 5 nitrogen and oxygen atoms in total. The van der Waals surface area contributed by atoms with Gasteiger partial charge >= 0.3 is 0 Å². The number of hydrogen-bond donors (Lipinski definition) is 1. The molecular formula is C17H18N2O3. The second kappa shape index (κ2) is 6.58. The monoisotopic (exact) mass is 298 g/mol. The standard InChI is InChI=1S/C17H18N2O3/c20-19(21)14-6-8-15(9-7-14)22-17-10-11-18-12-16(17)13-4-2-1-3-5-13/h1-9,16-18H,10-12H2/t16-,17-/m1/s1. The first-order valence-corrected chi connectivity index (χ1v) is 7.41. The van der Waals surface area contributed by atoms with E-state index in [1.807, 2.05) is 18.2 Å². The summed E-state index contributed by atoms with van der Waals surface area (Å²) in [5.41, 5.74) is 1.33. The first-order valence-electron chi connectivity index (χ1n) is 7.41. The molecular weight excluding hydrogens is 280 g/mol. The van der Waals surface area contributed by atoms with Gasteiger partial charge in [-0.25, -0.2) is 0 Å². The van der Waals surface area contributed by atoms with Crippen LogP contribution >= 0.6 is 0 Å². The molecule has 0 saturated carbocycles. The molecule has 1 aliphatic rings. The van der Waals surface area contributed by atoms with Crippen LogP contribution in [0.15, 0.2) is 54.6 Å². The van der Waals surface area contributed by atoms with Gasteiger partial charge < -0.3 is 10.1 Å². The summed E-state index contributed by atoms with van der Waals surface area (Å²) in [7, 11) is 0. The fraction of sp³-hybridized carbons (Fsp3) is 0.294. The smallest absolute Gasteiger partial charge is 0.269 e. The van der Waals surface area contributed by atoms with Crippen molar-refractivity contribution in [3.05, 3.63) is 70.3 Å². The van der Waals surface area contributed by atoms with Gasteiger partial charge in [0.25, 0.3) is 5.69 Å². The molecule has 0 amide bonds. The number of ether oxygens (including phenoxy) is 1. The van der Waals surface area contributed by atoms with Gasteiger partial charge in [-0.3, -0.25) is 10.1 Å². The lowest BCUT2D eigenvalue weighted by molar-refractivity contribution is -0.384. The minimum absolute atomic E-state index is 0.0742. The number of nitro groups is 1. The molecule has 0 unspecified atom stereocenters. The Balaban J connectivity index is 1.75. The van der Waals surface area contributed by atoms with Crippen molar-refractivity contribution in [1.29, 1.82) is 0 Å². The van der Waals surface area contributed by atoms with Crippen molar-refractivity contribution in [3.8, 4) is 5.75 Å². The van der Waals surface area contributed by atoms with Gasteiger partial charge in [-0.15, -0.1) is 0 Å². The van der Waals surface area contributed by atoms with Gasteiger partial charge in [-0.2, -0.15) is 0 Å². The van der Waals surface area contributed by atoms with Crippen LogP contribution in [-0.2, 0) is 0 Å². The quantitative estimate of drug-likeness (QED) is 0.696. The Morgan fingerprint density at radius 3 is 2.50 bits per heavy atom. The second-order valence-corrected chi connectivity index (χ2v) is 5.42. The fourth-order valence-electron chi connectivity index (χ4n) is 2.83. The number of benzene rings is 2. The molecule has 1 saturated heterocycles. The number of non-ortho nitro benzene ring substituents is 1. The molecule has 0 aromatic heterocycles. The third kappa shape index (κ3) is 3.26. The van der Waals surface area contributed by atoms with Gasteiger partial charge in [-0.05, 0) is 30.7 Å². The molecule has 2 aromatic rings. The van der Waals surface area contributed by atoms with Gasteiger partial charge in [0.05, 0.1) is 4.92 Å². The summed E-state index contributed by atoms with van der Waals surface area (Å²) in [5.74, 6) is 0.962. The van der Waals surface area contributed by atoms with Crippen LogP contribution in [0.25, 0.3) is 0 Å². The molecule has 2 atom stereocenters. The van der Waals surface area contributed by atoms with E-state index in [-0.39, 0.29) is 17.7 Å². The number of rotatable bonds is 4. The van der Waals surface area contributed by atoms with Crippen molar-refractivity contribution in [2.24, 2.45) is 0 Å². The molecule has 0 radical (unpaired) electrons. The Kier molecular flexibility index (Phi) is 4.34. The van der Waals surface area contributed by atoms with Crippen LogP contribution in [-0.4, -0.2) is 24.1 Å². The van der Waals surface area contributed by atoms with E-state index in [4.69, 9.17) is 4.74 Å². The highest BCUT2D eigenvalue weighted by atomic mass is 16.6. The van der Waals surface area contributed by atoms with E-state index >= 15 is 0 Å². The number of nitrogens with zero attached hydrogens (tertiary/aromatic N) is 1. The van der Waals surface area contributed by atoms with Gasteiger partial charge in [-0.1, -0.05) is 30.3 Å². The molecule has 0 spiro atoms. The first kappa shape index (κ1) is 14.5. The van der Waals surface area contributed by atoms with E-state index in [1.165, 1.54) is 17.7 Å². The SMILES string of the molecule is O=[N+]([O-])c1ccc(O[C@@H]2CCNC[C@@H]2c2ccccc2)cc1. The highest BCUT2D eigenvalue weighted by Crippen LogP contribution is 2.28. The van der Waals surface area contributed by atoms with E-state index in [0.29, 0.717) is 5.75 Å². The summed E-state index contributed by atoms with van der Waals surface area (Å²) < 4.78 is 6.09. The summed E-state index contributed by atoms with van der Waals surface area (Å²) in [6.45, 7) is 1.79. The Labute approximate surface area is 129 Å². The molecule has 0 aliphatic carbocycles. The first-order chi connectivity index (χ1) is 10.7. The van der Waals surface area contributed by atoms with E-state index < -0.39 is 4.92 Å². The van der Waals surface area contributed by atoms with Gasteiger partial charge in [0.1, 0.15) is 11.9 Å². The lowest BCUT2D eigenvalue weighted by Crippen LogP contribution is -2.41. The molecule has 114 valence electrons. The highest BCUT2D eigenvalue weighted by molar-refractivity contribution is 5.36. The maximum Gasteiger partial charge on any atom is 0.269 e. The molecule has 1 aliphatic heterocycles. The van der Waals surface area contributed by atoms with Crippen LogP contribution in [0.5, 0.6) is 5.75 Å². The van der Waals surface area contributed by atoms with Crippen LogP contribution in [0.3, 0.4) is 0 Å². The van der Waals surface area contributed by atoms with E-state index in [0.717, 1.165) is 19.5 Å². The van der Waals surface area contributed by atoms with Crippen LogP contribution in [0.1, 0.15) is 17.9 Å². The van der Waals surface area contributed by atoms with Crippen LogP contribution in [0.4, 0.5) is 5.69 Å². The van der Waals surface area contributed by atoms with Gasteiger partial charge in [0.2, 0.25) is 0 Å². The van der Waals surface area contributed by atoms with Crippen molar-refractivity contribution in [1.82, 2.24) is 5.32 Å². The van der Waals surface area contributed by atoms with Crippen molar-refractivity contribution in [2.45, 2.75) is 18.4 Å². The topological polar surface area (TPSA) is 64.4 Å². The average molecular weight is 298 g/mol. The Morgan fingerprint density at radius 1 is 1.09 bits per heavy atom. The molecule has 5 heteroatoms. The molecule has 3 rings (SSSR count). The minimum Gasteiger partial charge on any atom is -0.490 e. The van der Waals surface area contributed by atoms with Gasteiger partial charge in [0, 0.05) is 24.6 Å². The Bertz CT molecular complexity index is 628. The Morgan fingerprint density at radius 2 is 1.82 bits per heavy atom. The van der Waals surface area contributed by atoms with Crippen LogP contribution < -0.4 is 10.1 Å².